The highest BCUT2D eigenvalue weighted by Gasteiger charge is 2.20. The fourth-order valence-corrected chi connectivity index (χ4v) is 4.20. The summed E-state index contributed by atoms with van der Waals surface area (Å²) in [7, 11) is 0. The molecule has 2 aromatic carbocycles. The Labute approximate surface area is 224 Å². The zero-order chi connectivity index (χ0) is 26.5. The molecule has 0 bridgehead atoms. The number of hydrogen-bond acceptors (Lipinski definition) is 7. The average molecular weight is 529 g/mol. The summed E-state index contributed by atoms with van der Waals surface area (Å²) in [6.07, 6.45) is 6.44. The number of nitrogens with one attached hydrogen (secondary N) is 1. The third-order valence-corrected chi connectivity index (χ3v) is 6.16. The van der Waals surface area contributed by atoms with Crippen molar-refractivity contribution >= 4 is 29.3 Å². The van der Waals surface area contributed by atoms with E-state index >= 15 is 0 Å². The number of halogens is 1. The molecule has 1 unspecified atom stereocenters. The van der Waals surface area contributed by atoms with E-state index in [4.69, 9.17) is 21.0 Å². The van der Waals surface area contributed by atoms with Crippen molar-refractivity contribution in [3.8, 4) is 5.82 Å². The number of carbonyl (C=O) groups is 1. The predicted octanol–water partition coefficient (Wildman–Crippen LogP) is 5.02. The molecule has 2 N–H and O–H groups in total. The monoisotopic (exact) mass is 528 g/mol. The molecule has 0 aliphatic carbocycles. The Hall–Kier alpha value is -4.47. The zero-order valence-electron chi connectivity index (χ0n) is 20.5. The maximum atomic E-state index is 13.0. The average Bonchev–Trinajstić information content (AvgIpc) is 3.64. The molecule has 1 amide bonds. The molecular formula is C28H25ClN6O3. The lowest BCUT2D eigenvalue weighted by molar-refractivity contribution is 0.0911. The maximum absolute atomic E-state index is 13.0. The number of imidazole rings is 1. The number of hydrogen-bond donors (Lipinski definition) is 2. The number of aromatic nitrogens is 4. The second-order valence-corrected chi connectivity index (χ2v) is 9.07. The van der Waals surface area contributed by atoms with Crippen LogP contribution < -0.4 is 10.2 Å². The smallest absolute Gasteiger partial charge is 0.272 e. The molecule has 1 atom stereocenters. The molecule has 0 radical (unpaired) electrons. The van der Waals surface area contributed by atoms with Crippen molar-refractivity contribution in [3.63, 3.8) is 0 Å². The van der Waals surface area contributed by atoms with Crippen molar-refractivity contribution in [2.24, 2.45) is 0 Å². The number of nitrogens with zero attached hydrogens (tertiary/aromatic N) is 5. The van der Waals surface area contributed by atoms with Crippen molar-refractivity contribution in [1.82, 2.24) is 24.8 Å². The van der Waals surface area contributed by atoms with Gasteiger partial charge in [-0.15, -0.1) is 0 Å². The van der Waals surface area contributed by atoms with Crippen LogP contribution in [0.1, 0.15) is 33.2 Å². The number of rotatable bonds is 9. The number of aryl methyl sites for hydroxylation is 1. The maximum Gasteiger partial charge on any atom is 0.272 e. The fraction of sp³-hybridized carbons (Fsp3) is 0.143. The van der Waals surface area contributed by atoms with Gasteiger partial charge < -0.3 is 14.8 Å². The molecule has 3 heterocycles. The van der Waals surface area contributed by atoms with Gasteiger partial charge in [-0.1, -0.05) is 54.1 Å². The van der Waals surface area contributed by atoms with Crippen molar-refractivity contribution in [2.75, 3.05) is 11.5 Å². The molecule has 192 valence electrons. The number of furan rings is 1. The molecule has 0 spiro atoms. The van der Waals surface area contributed by atoms with Crippen LogP contribution in [-0.4, -0.2) is 37.1 Å². The molecule has 9 nitrogen and oxygen atoms in total. The standard InChI is InChI=1S/C28H25ClN6O3/c1-19-14-30-28(35(25-11-6-12-38-25)15-20-7-3-2-4-8-20)33-26(19)34-16-23(31-18-34)27(37)32-24(17-36)21-9-5-10-22(29)13-21/h2-14,16,18,24,36H,15,17H2,1H3,(H,32,37). The lowest BCUT2D eigenvalue weighted by Crippen LogP contribution is -2.31. The number of anilines is 2. The van der Waals surface area contributed by atoms with Crippen LogP contribution >= 0.6 is 11.6 Å². The largest absolute Gasteiger partial charge is 0.448 e. The van der Waals surface area contributed by atoms with Gasteiger partial charge in [0.05, 0.1) is 25.5 Å². The highest BCUT2D eigenvalue weighted by molar-refractivity contribution is 6.30. The van der Waals surface area contributed by atoms with E-state index in [1.165, 1.54) is 6.33 Å². The van der Waals surface area contributed by atoms with Crippen molar-refractivity contribution < 1.29 is 14.3 Å². The van der Waals surface area contributed by atoms with Gasteiger partial charge in [0.2, 0.25) is 11.8 Å². The number of amides is 1. The van der Waals surface area contributed by atoms with E-state index in [2.05, 4.69) is 15.3 Å². The van der Waals surface area contributed by atoms with Crippen LogP contribution in [0, 0.1) is 6.92 Å². The van der Waals surface area contributed by atoms with Crippen LogP contribution in [-0.2, 0) is 6.54 Å². The highest BCUT2D eigenvalue weighted by Crippen LogP contribution is 2.27. The molecule has 0 saturated heterocycles. The highest BCUT2D eigenvalue weighted by atomic mass is 35.5. The van der Waals surface area contributed by atoms with Gasteiger partial charge in [-0.25, -0.2) is 9.97 Å². The second-order valence-electron chi connectivity index (χ2n) is 8.63. The summed E-state index contributed by atoms with van der Waals surface area (Å²) in [4.78, 5) is 28.4. The number of carbonyl (C=O) groups excluding carboxylic acids is 1. The first-order valence-corrected chi connectivity index (χ1v) is 12.3. The summed E-state index contributed by atoms with van der Waals surface area (Å²) in [5.74, 6) is 1.17. The zero-order valence-corrected chi connectivity index (χ0v) is 21.3. The second kappa shape index (κ2) is 11.3. The summed E-state index contributed by atoms with van der Waals surface area (Å²) in [5.41, 5.74) is 2.73. The van der Waals surface area contributed by atoms with E-state index in [0.717, 1.165) is 11.1 Å². The van der Waals surface area contributed by atoms with Gasteiger partial charge in [-0.05, 0) is 36.2 Å². The molecule has 38 heavy (non-hydrogen) atoms. The van der Waals surface area contributed by atoms with Gasteiger partial charge in [0.25, 0.3) is 5.91 Å². The number of benzene rings is 2. The Kier molecular flexibility index (Phi) is 7.48. The Balaban J connectivity index is 1.41. The summed E-state index contributed by atoms with van der Waals surface area (Å²) in [6, 6.07) is 20.0. The van der Waals surface area contributed by atoms with Crippen molar-refractivity contribution in [2.45, 2.75) is 19.5 Å². The molecule has 0 fully saturated rings. The first kappa shape index (κ1) is 25.2. The van der Waals surface area contributed by atoms with Gasteiger partial charge in [0.15, 0.2) is 0 Å². The number of aliphatic hydroxyl groups excluding tert-OH is 1. The predicted molar refractivity (Wildman–Crippen MR) is 144 cm³/mol. The quantitative estimate of drug-likeness (QED) is 0.276. The Morgan fingerprint density at radius 2 is 1.97 bits per heavy atom. The molecule has 5 aromatic rings. The summed E-state index contributed by atoms with van der Waals surface area (Å²) >= 11 is 6.07. The topological polar surface area (TPSA) is 109 Å². The number of aliphatic hydroxyl groups is 1. The molecule has 3 aromatic heterocycles. The van der Waals surface area contributed by atoms with Crippen LogP contribution in [0.2, 0.25) is 5.02 Å². The Morgan fingerprint density at radius 1 is 1.13 bits per heavy atom. The van der Waals surface area contributed by atoms with Crippen LogP contribution in [0.4, 0.5) is 11.8 Å². The molecule has 5 rings (SSSR count). The van der Waals surface area contributed by atoms with E-state index in [1.54, 1.807) is 47.5 Å². The Bertz CT molecular complexity index is 1520. The van der Waals surface area contributed by atoms with Crippen molar-refractivity contribution in [1.29, 1.82) is 0 Å². The van der Waals surface area contributed by atoms with Gasteiger partial charge in [0.1, 0.15) is 17.8 Å². The lowest BCUT2D eigenvalue weighted by Gasteiger charge is -2.21. The van der Waals surface area contributed by atoms with E-state index < -0.39 is 11.9 Å². The first-order chi connectivity index (χ1) is 18.5. The first-order valence-electron chi connectivity index (χ1n) is 11.9. The summed E-state index contributed by atoms with van der Waals surface area (Å²) in [6.45, 7) is 2.10. The third kappa shape index (κ3) is 5.59. The van der Waals surface area contributed by atoms with Gasteiger partial charge >= 0.3 is 0 Å². The van der Waals surface area contributed by atoms with E-state index in [1.807, 2.05) is 54.3 Å². The van der Waals surface area contributed by atoms with E-state index in [9.17, 15) is 9.90 Å². The van der Waals surface area contributed by atoms with Crippen LogP contribution in [0.5, 0.6) is 0 Å². The Morgan fingerprint density at radius 3 is 2.71 bits per heavy atom. The molecule has 0 aliphatic rings. The molecular weight excluding hydrogens is 504 g/mol. The SMILES string of the molecule is Cc1cnc(N(Cc2ccccc2)c2ccco2)nc1-n1cnc(C(=O)NC(CO)c2cccc(Cl)c2)c1. The van der Waals surface area contributed by atoms with Gasteiger partial charge in [-0.2, -0.15) is 4.98 Å². The van der Waals surface area contributed by atoms with E-state index in [-0.39, 0.29) is 12.3 Å². The van der Waals surface area contributed by atoms with E-state index in [0.29, 0.717) is 34.8 Å². The normalized spacial score (nSPS) is 11.8. The summed E-state index contributed by atoms with van der Waals surface area (Å²) < 4.78 is 7.34. The molecule has 10 heteroatoms. The molecule has 0 saturated carbocycles. The minimum atomic E-state index is -0.626. The third-order valence-electron chi connectivity index (χ3n) is 5.93. The van der Waals surface area contributed by atoms with Crippen LogP contribution in [0.15, 0.2) is 96.1 Å². The van der Waals surface area contributed by atoms with Gasteiger partial charge in [0, 0.05) is 29.0 Å². The minimum Gasteiger partial charge on any atom is -0.448 e. The fourth-order valence-electron chi connectivity index (χ4n) is 4.00. The van der Waals surface area contributed by atoms with Crippen molar-refractivity contribution in [3.05, 3.63) is 119 Å². The minimum absolute atomic E-state index is 0.178. The van der Waals surface area contributed by atoms with Crippen LogP contribution in [0.3, 0.4) is 0 Å². The van der Waals surface area contributed by atoms with Gasteiger partial charge in [-0.3, -0.25) is 14.3 Å². The van der Waals surface area contributed by atoms with Crippen LogP contribution in [0.25, 0.3) is 5.82 Å². The summed E-state index contributed by atoms with van der Waals surface area (Å²) in [5, 5.41) is 13.2. The molecule has 0 aliphatic heterocycles. The lowest BCUT2D eigenvalue weighted by atomic mass is 10.1.